The number of aromatic nitrogens is 2. The van der Waals surface area contributed by atoms with Crippen molar-refractivity contribution in [3.8, 4) is 0 Å². The van der Waals surface area contributed by atoms with Gasteiger partial charge in [-0.3, -0.25) is 5.43 Å². The minimum Gasteiger partial charge on any atom is -0.462 e. The number of rotatable bonds is 4. The Morgan fingerprint density at radius 3 is 2.67 bits per heavy atom. The zero-order valence-electron chi connectivity index (χ0n) is 13.2. The monoisotopic (exact) mass is 292 g/mol. The van der Waals surface area contributed by atoms with Crippen LogP contribution in [-0.4, -0.2) is 39.6 Å². The van der Waals surface area contributed by atoms with E-state index in [4.69, 9.17) is 4.74 Å². The lowest BCUT2D eigenvalue weighted by molar-refractivity contribution is 0.0524. The van der Waals surface area contributed by atoms with Crippen molar-refractivity contribution < 1.29 is 9.53 Å². The van der Waals surface area contributed by atoms with Gasteiger partial charge in [0.05, 0.1) is 17.9 Å². The van der Waals surface area contributed by atoms with Crippen molar-refractivity contribution >= 4 is 11.9 Å². The smallest absolute Gasteiger partial charge is 0.341 e. The first kappa shape index (κ1) is 15.7. The summed E-state index contributed by atoms with van der Waals surface area (Å²) in [4.78, 5) is 20.4. The first-order chi connectivity index (χ1) is 10.0. The lowest BCUT2D eigenvalue weighted by Crippen LogP contribution is -2.47. The van der Waals surface area contributed by atoms with Crippen LogP contribution in [0.5, 0.6) is 0 Å². The quantitative estimate of drug-likeness (QED) is 0.860. The van der Waals surface area contributed by atoms with E-state index in [1.807, 2.05) is 0 Å². The fourth-order valence-corrected chi connectivity index (χ4v) is 2.69. The van der Waals surface area contributed by atoms with Crippen molar-refractivity contribution in [1.29, 1.82) is 0 Å². The van der Waals surface area contributed by atoms with Crippen LogP contribution in [0.1, 0.15) is 56.1 Å². The number of carbonyl (C=O) groups is 1. The summed E-state index contributed by atoms with van der Waals surface area (Å²) in [5, 5.41) is 2.20. The van der Waals surface area contributed by atoms with E-state index >= 15 is 0 Å². The molecule has 0 spiro atoms. The van der Waals surface area contributed by atoms with E-state index in [1.165, 1.54) is 12.6 Å². The third kappa shape index (κ3) is 3.69. The Morgan fingerprint density at radius 2 is 2.10 bits per heavy atom. The number of ether oxygens (including phenoxy) is 1. The van der Waals surface area contributed by atoms with Crippen molar-refractivity contribution in [3.05, 3.63) is 17.5 Å². The summed E-state index contributed by atoms with van der Waals surface area (Å²) in [5.74, 6) is 0.155. The summed E-state index contributed by atoms with van der Waals surface area (Å²) < 4.78 is 4.98. The van der Waals surface area contributed by atoms with E-state index in [2.05, 4.69) is 34.3 Å². The topological polar surface area (TPSA) is 67.3 Å². The predicted molar refractivity (Wildman–Crippen MR) is 81.0 cm³/mol. The van der Waals surface area contributed by atoms with Crippen LogP contribution >= 0.6 is 0 Å². The summed E-state index contributed by atoms with van der Waals surface area (Å²) in [6.45, 7) is 8.32. The highest BCUT2D eigenvalue weighted by Gasteiger charge is 2.25. The Morgan fingerprint density at radius 1 is 1.43 bits per heavy atom. The van der Waals surface area contributed by atoms with Crippen LogP contribution in [0.4, 0.5) is 5.95 Å². The van der Waals surface area contributed by atoms with Gasteiger partial charge in [0.1, 0.15) is 0 Å². The van der Waals surface area contributed by atoms with Crippen LogP contribution in [0.2, 0.25) is 0 Å². The minimum absolute atomic E-state index is 0.348. The molecule has 6 nitrogen and oxygen atoms in total. The SMILES string of the molecule is CCOC(=O)c1cnc(NN2C(C)CCCC2C)nc1C. The van der Waals surface area contributed by atoms with Crippen LogP contribution in [0, 0.1) is 6.92 Å². The van der Waals surface area contributed by atoms with Gasteiger partial charge in [-0.05, 0) is 40.5 Å². The number of nitrogens with one attached hydrogen (secondary N) is 1. The molecule has 1 N–H and O–H groups in total. The second kappa shape index (κ2) is 6.85. The zero-order chi connectivity index (χ0) is 15.4. The van der Waals surface area contributed by atoms with Crippen LogP contribution in [0.15, 0.2) is 6.20 Å². The molecule has 0 bridgehead atoms. The first-order valence-corrected chi connectivity index (χ1v) is 7.58. The molecule has 1 saturated heterocycles. The zero-order valence-corrected chi connectivity index (χ0v) is 13.2. The highest BCUT2D eigenvalue weighted by molar-refractivity contribution is 5.90. The molecule has 1 aromatic rings. The fraction of sp³-hybridized carbons (Fsp3) is 0.667. The Kier molecular flexibility index (Phi) is 5.12. The van der Waals surface area contributed by atoms with Crippen molar-refractivity contribution in [2.24, 2.45) is 0 Å². The predicted octanol–water partition coefficient (Wildman–Crippen LogP) is 2.55. The van der Waals surface area contributed by atoms with Gasteiger partial charge in [-0.2, -0.15) is 0 Å². The molecule has 0 saturated carbocycles. The number of nitrogens with zero attached hydrogens (tertiary/aromatic N) is 3. The number of aryl methyl sites for hydroxylation is 1. The summed E-state index contributed by atoms with van der Waals surface area (Å²) in [6, 6.07) is 0.893. The van der Waals surface area contributed by atoms with Gasteiger partial charge in [-0.1, -0.05) is 6.42 Å². The molecule has 2 atom stereocenters. The maximum Gasteiger partial charge on any atom is 0.341 e. The Hall–Kier alpha value is -1.69. The average molecular weight is 292 g/mol. The first-order valence-electron chi connectivity index (χ1n) is 7.58. The normalized spacial score (nSPS) is 22.9. The molecule has 0 amide bonds. The Balaban J connectivity index is 2.11. The molecule has 21 heavy (non-hydrogen) atoms. The van der Waals surface area contributed by atoms with Gasteiger partial charge in [-0.25, -0.2) is 19.8 Å². The van der Waals surface area contributed by atoms with Crippen LogP contribution < -0.4 is 5.43 Å². The summed E-state index contributed by atoms with van der Waals surface area (Å²) >= 11 is 0. The molecule has 1 aliphatic rings. The van der Waals surface area contributed by atoms with Crippen molar-refractivity contribution in [1.82, 2.24) is 15.0 Å². The number of esters is 1. The lowest BCUT2D eigenvalue weighted by atomic mass is 10.00. The second-order valence-electron chi connectivity index (χ2n) is 5.56. The van der Waals surface area contributed by atoms with E-state index in [0.717, 1.165) is 12.8 Å². The Labute approximate surface area is 125 Å². The molecule has 0 aliphatic carbocycles. The molecule has 2 unspecified atom stereocenters. The van der Waals surface area contributed by atoms with E-state index in [0.29, 0.717) is 35.9 Å². The molecule has 1 aromatic heterocycles. The van der Waals surface area contributed by atoms with Crippen molar-refractivity contribution in [2.75, 3.05) is 12.0 Å². The fourth-order valence-electron chi connectivity index (χ4n) is 2.69. The average Bonchev–Trinajstić information content (AvgIpc) is 2.43. The van der Waals surface area contributed by atoms with Crippen LogP contribution in [0.3, 0.4) is 0 Å². The molecule has 1 fully saturated rings. The van der Waals surface area contributed by atoms with Gasteiger partial charge in [0, 0.05) is 18.3 Å². The third-order valence-electron chi connectivity index (χ3n) is 3.90. The maximum absolute atomic E-state index is 11.7. The van der Waals surface area contributed by atoms with Crippen LogP contribution in [0.25, 0.3) is 0 Å². The van der Waals surface area contributed by atoms with E-state index < -0.39 is 0 Å². The highest BCUT2D eigenvalue weighted by Crippen LogP contribution is 2.22. The summed E-state index contributed by atoms with van der Waals surface area (Å²) in [7, 11) is 0. The van der Waals surface area contributed by atoms with Crippen molar-refractivity contribution in [3.63, 3.8) is 0 Å². The molecular weight excluding hydrogens is 268 g/mol. The number of piperidine rings is 1. The standard InChI is InChI=1S/C15H24N4O2/c1-5-21-14(20)13-9-16-15(17-12(13)4)18-19-10(2)7-6-8-11(19)3/h9-11H,5-8H2,1-4H3,(H,16,17,18). The van der Waals surface area contributed by atoms with E-state index in [9.17, 15) is 4.79 Å². The largest absolute Gasteiger partial charge is 0.462 e. The molecule has 0 radical (unpaired) electrons. The van der Waals surface area contributed by atoms with Gasteiger partial charge in [0.25, 0.3) is 0 Å². The molecular formula is C15H24N4O2. The number of carbonyl (C=O) groups excluding carboxylic acids is 1. The van der Waals surface area contributed by atoms with E-state index in [-0.39, 0.29) is 5.97 Å². The number of anilines is 1. The highest BCUT2D eigenvalue weighted by atomic mass is 16.5. The van der Waals surface area contributed by atoms with E-state index in [1.54, 1.807) is 13.8 Å². The van der Waals surface area contributed by atoms with Crippen LogP contribution in [-0.2, 0) is 4.74 Å². The maximum atomic E-state index is 11.7. The van der Waals surface area contributed by atoms with Gasteiger partial charge >= 0.3 is 5.97 Å². The van der Waals surface area contributed by atoms with Gasteiger partial charge in [0.15, 0.2) is 0 Å². The lowest BCUT2D eigenvalue weighted by Gasteiger charge is -2.38. The Bertz CT molecular complexity index is 496. The number of hydrogen-bond acceptors (Lipinski definition) is 6. The second-order valence-corrected chi connectivity index (χ2v) is 5.56. The van der Waals surface area contributed by atoms with Crippen molar-refractivity contribution in [2.45, 2.75) is 59.0 Å². The molecule has 116 valence electrons. The molecule has 0 aromatic carbocycles. The van der Waals surface area contributed by atoms with Gasteiger partial charge in [0.2, 0.25) is 5.95 Å². The summed E-state index contributed by atoms with van der Waals surface area (Å²) in [6.07, 6.45) is 5.11. The minimum atomic E-state index is -0.374. The summed E-state index contributed by atoms with van der Waals surface area (Å²) in [5.41, 5.74) is 4.33. The molecule has 2 heterocycles. The number of hydrogen-bond donors (Lipinski definition) is 1. The molecule has 1 aliphatic heterocycles. The van der Waals surface area contributed by atoms with Gasteiger partial charge < -0.3 is 4.74 Å². The number of hydrazine groups is 1. The van der Waals surface area contributed by atoms with Gasteiger partial charge in [-0.15, -0.1) is 0 Å². The third-order valence-corrected chi connectivity index (χ3v) is 3.90. The molecule has 2 rings (SSSR count). The molecule has 6 heteroatoms.